The van der Waals surface area contributed by atoms with Crippen LogP contribution in [0.2, 0.25) is 5.02 Å². The number of nitrogens with zero attached hydrogens (tertiary/aromatic N) is 4. The first-order valence-corrected chi connectivity index (χ1v) is 15.0. The van der Waals surface area contributed by atoms with Gasteiger partial charge < -0.3 is 5.32 Å². The lowest BCUT2D eigenvalue weighted by molar-refractivity contribution is -0.141. The monoisotopic (exact) mass is 684 g/mol. The Morgan fingerprint density at radius 1 is 1.04 bits per heavy atom. The molecule has 5 aromatic rings. The average molecular weight is 686 g/mol. The number of alkyl halides is 3. The van der Waals surface area contributed by atoms with Gasteiger partial charge in [0.25, 0.3) is 5.91 Å². The zero-order valence-electron chi connectivity index (χ0n) is 23.6. The van der Waals surface area contributed by atoms with E-state index in [0.717, 1.165) is 0 Å². The number of amides is 2. The number of anilines is 1. The van der Waals surface area contributed by atoms with Gasteiger partial charge in [-0.25, -0.2) is 18.9 Å². The van der Waals surface area contributed by atoms with Crippen LogP contribution >= 0.6 is 34.5 Å². The number of carbonyl (C=O) groups excluding carboxylic acids is 2. The Hall–Kier alpha value is -4.62. The summed E-state index contributed by atoms with van der Waals surface area (Å²) < 4.78 is 55.3. The molecule has 6 rings (SSSR count). The van der Waals surface area contributed by atoms with Crippen molar-refractivity contribution in [2.24, 2.45) is 4.99 Å². The SMILES string of the molecule is C=NC1=C(Cl)/C=C\[N+](C)(c2ccsc2-c2ccc(F)cc2)C(=O)c2cc3ccccc3c(Cl)c2NC(=O)c2cc(C(F)(F)F)nn21. The highest BCUT2D eigenvalue weighted by molar-refractivity contribution is 7.14. The second-order valence-corrected chi connectivity index (χ2v) is 12.0. The van der Waals surface area contributed by atoms with Crippen LogP contribution in [0.1, 0.15) is 26.5 Å². The molecule has 46 heavy (non-hydrogen) atoms. The van der Waals surface area contributed by atoms with Crippen molar-refractivity contribution >= 4 is 81.0 Å². The normalized spacial score (nSPS) is 18.0. The van der Waals surface area contributed by atoms with Gasteiger partial charge in [-0.2, -0.15) is 22.8 Å². The Kier molecular flexibility index (Phi) is 7.93. The van der Waals surface area contributed by atoms with Crippen LogP contribution in [0.15, 0.2) is 94.4 Å². The first-order chi connectivity index (χ1) is 21.8. The van der Waals surface area contributed by atoms with E-state index in [-0.39, 0.29) is 21.3 Å². The van der Waals surface area contributed by atoms with Gasteiger partial charge in [-0.1, -0.05) is 59.6 Å². The van der Waals surface area contributed by atoms with Crippen LogP contribution in [0, 0.1) is 5.82 Å². The molecule has 1 unspecified atom stereocenters. The third-order valence-electron chi connectivity index (χ3n) is 7.44. The summed E-state index contributed by atoms with van der Waals surface area (Å²) in [5.74, 6) is -2.49. The van der Waals surface area contributed by atoms with Crippen molar-refractivity contribution in [3.63, 3.8) is 0 Å². The van der Waals surface area contributed by atoms with Gasteiger partial charge in [0.1, 0.15) is 23.3 Å². The molecule has 1 atom stereocenters. The summed E-state index contributed by atoms with van der Waals surface area (Å²) in [5, 5.41) is 8.68. The quantitative estimate of drug-likeness (QED) is 0.117. The number of aliphatic imine (C=N–C) groups is 1. The maximum atomic E-state index is 14.8. The number of hydrogen-bond donors (Lipinski definition) is 1. The highest BCUT2D eigenvalue weighted by atomic mass is 35.5. The summed E-state index contributed by atoms with van der Waals surface area (Å²) >= 11 is 14.7. The minimum absolute atomic E-state index is 0.00998. The number of rotatable bonds is 3. The molecule has 0 radical (unpaired) electrons. The van der Waals surface area contributed by atoms with Gasteiger partial charge in [0.05, 0.1) is 27.7 Å². The van der Waals surface area contributed by atoms with E-state index < -0.39 is 45.5 Å². The molecule has 3 heterocycles. The minimum Gasteiger partial charge on any atom is -0.318 e. The summed E-state index contributed by atoms with van der Waals surface area (Å²) in [4.78, 5) is 33.0. The molecule has 0 aliphatic carbocycles. The van der Waals surface area contributed by atoms with E-state index in [0.29, 0.717) is 37.6 Å². The molecule has 232 valence electrons. The van der Waals surface area contributed by atoms with E-state index in [1.54, 1.807) is 61.0 Å². The lowest BCUT2D eigenvalue weighted by Crippen LogP contribution is -2.46. The zero-order chi connectivity index (χ0) is 33.0. The molecular formula is C32H20Cl2F4N5O2S+. The summed E-state index contributed by atoms with van der Waals surface area (Å²) in [7, 11) is 1.57. The van der Waals surface area contributed by atoms with Crippen LogP contribution in [0.5, 0.6) is 0 Å². The summed E-state index contributed by atoms with van der Waals surface area (Å²) in [6.07, 6.45) is -2.22. The predicted molar refractivity (Wildman–Crippen MR) is 174 cm³/mol. The Bertz CT molecular complexity index is 2140. The fraction of sp³-hybridized carbons (Fsp3) is 0.0625. The van der Waals surface area contributed by atoms with Crippen LogP contribution in [0.3, 0.4) is 0 Å². The number of fused-ring (bicyclic) bond motifs is 3. The van der Waals surface area contributed by atoms with Gasteiger partial charge in [0.15, 0.2) is 17.2 Å². The van der Waals surface area contributed by atoms with E-state index in [4.69, 9.17) is 23.2 Å². The van der Waals surface area contributed by atoms with E-state index in [1.165, 1.54) is 35.7 Å². The molecule has 1 N–H and O–H groups in total. The van der Waals surface area contributed by atoms with Gasteiger partial charge in [0, 0.05) is 23.6 Å². The third kappa shape index (κ3) is 5.32. The molecule has 2 aromatic heterocycles. The second-order valence-electron chi connectivity index (χ2n) is 10.3. The fourth-order valence-corrected chi connectivity index (χ4v) is 6.64. The third-order valence-corrected chi connectivity index (χ3v) is 9.08. The molecule has 0 saturated carbocycles. The van der Waals surface area contributed by atoms with Crippen molar-refractivity contribution in [3.05, 3.63) is 117 Å². The van der Waals surface area contributed by atoms with Crippen molar-refractivity contribution in [2.75, 3.05) is 12.4 Å². The molecular weight excluding hydrogens is 665 g/mol. The van der Waals surface area contributed by atoms with Crippen molar-refractivity contribution in [3.8, 4) is 10.4 Å². The number of thiophene rings is 1. The van der Waals surface area contributed by atoms with Gasteiger partial charge >= 0.3 is 12.1 Å². The van der Waals surface area contributed by atoms with Crippen LogP contribution in [0.4, 0.5) is 28.9 Å². The number of hydrogen-bond acceptors (Lipinski definition) is 5. The number of halogens is 6. The number of quaternary nitrogens is 1. The van der Waals surface area contributed by atoms with E-state index >= 15 is 0 Å². The van der Waals surface area contributed by atoms with Crippen LogP contribution < -0.4 is 9.80 Å². The highest BCUT2D eigenvalue weighted by Gasteiger charge is 2.41. The lowest BCUT2D eigenvalue weighted by atomic mass is 10.0. The summed E-state index contributed by atoms with van der Waals surface area (Å²) in [6.45, 7) is 3.42. The fourth-order valence-electron chi connectivity index (χ4n) is 5.14. The summed E-state index contributed by atoms with van der Waals surface area (Å²) in [5.41, 5.74) is -1.06. The van der Waals surface area contributed by atoms with Crippen LogP contribution in [-0.4, -0.2) is 35.4 Å². The Morgan fingerprint density at radius 2 is 1.76 bits per heavy atom. The van der Waals surface area contributed by atoms with Gasteiger partial charge in [-0.15, -0.1) is 11.3 Å². The lowest BCUT2D eigenvalue weighted by Gasteiger charge is -2.29. The molecule has 14 heteroatoms. The molecule has 7 nitrogen and oxygen atoms in total. The van der Waals surface area contributed by atoms with Crippen molar-refractivity contribution in [1.82, 2.24) is 14.3 Å². The minimum atomic E-state index is -4.92. The topological polar surface area (TPSA) is 76.3 Å². The first kappa shape index (κ1) is 31.4. The van der Waals surface area contributed by atoms with Gasteiger partial charge in [-0.05, 0) is 41.2 Å². The molecule has 1 aliphatic heterocycles. The summed E-state index contributed by atoms with van der Waals surface area (Å²) in [6, 6.07) is 16.4. The van der Waals surface area contributed by atoms with E-state index in [1.807, 2.05) is 0 Å². The standard InChI is InChI=1S/C32H19Cl2F4N5O2S/c1-39-29-22(33)11-13-43(2,24-12-14-46-28(24)17-7-9-19(35)10-8-17)31(45)21-15-18-5-3-4-6-20(18)26(34)27(21)40-30(44)23-16-25(32(36,37)38)41-42(23)29/h3-16H,1H2,2H3/p+1/b13-11-,29-22?. The molecule has 0 bridgehead atoms. The van der Waals surface area contributed by atoms with Gasteiger partial charge in [-0.3, -0.25) is 4.79 Å². The van der Waals surface area contributed by atoms with E-state index in [2.05, 4.69) is 22.1 Å². The molecule has 3 aromatic carbocycles. The van der Waals surface area contributed by atoms with E-state index in [9.17, 15) is 27.2 Å². The Labute approximate surface area is 272 Å². The first-order valence-electron chi connectivity index (χ1n) is 13.3. The zero-order valence-corrected chi connectivity index (χ0v) is 25.9. The van der Waals surface area contributed by atoms with Crippen LogP contribution in [0.25, 0.3) is 27.0 Å². The smallest absolute Gasteiger partial charge is 0.318 e. The molecule has 1 aliphatic rings. The van der Waals surface area contributed by atoms with Crippen molar-refractivity contribution in [2.45, 2.75) is 6.18 Å². The molecule has 2 amide bonds. The predicted octanol–water partition coefficient (Wildman–Crippen LogP) is 9.20. The largest absolute Gasteiger partial charge is 0.435 e. The average Bonchev–Trinajstić information content (AvgIpc) is 3.70. The number of aromatic nitrogens is 2. The maximum absolute atomic E-state index is 14.8. The second kappa shape index (κ2) is 11.6. The van der Waals surface area contributed by atoms with Gasteiger partial charge in [0.2, 0.25) is 0 Å². The molecule has 0 spiro atoms. The number of carbonyl (C=O) groups is 2. The number of nitrogens with one attached hydrogen (secondary N) is 1. The number of allylic oxidation sites excluding steroid dienone is 2. The maximum Gasteiger partial charge on any atom is 0.435 e. The van der Waals surface area contributed by atoms with Crippen molar-refractivity contribution in [1.29, 1.82) is 0 Å². The molecule has 0 saturated heterocycles. The van der Waals surface area contributed by atoms with Crippen LogP contribution in [-0.2, 0) is 6.18 Å². The highest BCUT2D eigenvalue weighted by Crippen LogP contribution is 2.43. The number of benzene rings is 3. The van der Waals surface area contributed by atoms with Crippen molar-refractivity contribution < 1.29 is 27.2 Å². The Morgan fingerprint density at radius 3 is 2.46 bits per heavy atom. The Balaban J connectivity index is 1.69. The molecule has 0 fully saturated rings.